The number of nitro benzene ring substituents is 1. The molecule has 2 aromatic carbocycles. The second kappa shape index (κ2) is 6.52. The van der Waals surface area contributed by atoms with E-state index in [1.807, 2.05) is 0 Å². The van der Waals surface area contributed by atoms with E-state index in [1.165, 1.54) is 0 Å². The third-order valence-corrected chi connectivity index (χ3v) is 2.75. The highest BCUT2D eigenvalue weighted by Gasteiger charge is 2.31. The summed E-state index contributed by atoms with van der Waals surface area (Å²) in [5.74, 6) is -2.36. The highest BCUT2D eigenvalue weighted by Crippen LogP contribution is 2.24. The van der Waals surface area contributed by atoms with E-state index in [9.17, 15) is 32.5 Å². The number of nitrogens with one attached hydrogen (secondary N) is 1. The third kappa shape index (κ3) is 4.41. The van der Waals surface area contributed by atoms with E-state index in [0.717, 1.165) is 42.5 Å². The zero-order chi connectivity index (χ0) is 17.9. The molecule has 0 spiro atoms. The molecule has 0 unspecified atom stereocenters. The van der Waals surface area contributed by atoms with Crippen LogP contribution in [0.2, 0.25) is 0 Å². The van der Waals surface area contributed by atoms with Crippen molar-refractivity contribution < 1.29 is 32.0 Å². The fourth-order valence-electron chi connectivity index (χ4n) is 1.74. The molecule has 6 nitrogen and oxygen atoms in total. The minimum Gasteiger partial charge on any atom is -0.406 e. The highest BCUT2D eigenvalue weighted by molar-refractivity contribution is 6.04. The summed E-state index contributed by atoms with van der Waals surface area (Å²) in [6.45, 7) is 0. The normalized spacial score (nSPS) is 11.0. The first kappa shape index (κ1) is 17.2. The lowest BCUT2D eigenvalue weighted by Crippen LogP contribution is -2.17. The maximum absolute atomic E-state index is 13.2. The molecule has 0 aliphatic heterocycles. The predicted octanol–water partition coefficient (Wildman–Crippen LogP) is 3.88. The van der Waals surface area contributed by atoms with Gasteiger partial charge in [-0.15, -0.1) is 13.2 Å². The van der Waals surface area contributed by atoms with Crippen LogP contribution in [0, 0.1) is 15.9 Å². The smallest absolute Gasteiger partial charge is 0.406 e. The van der Waals surface area contributed by atoms with Crippen LogP contribution in [-0.4, -0.2) is 17.2 Å². The largest absolute Gasteiger partial charge is 0.573 e. The molecule has 0 fully saturated rings. The molecule has 2 rings (SSSR count). The lowest BCUT2D eigenvalue weighted by Gasteiger charge is -2.10. The number of nitrogens with zero attached hydrogens (tertiary/aromatic N) is 1. The Bertz CT molecular complexity index is 775. The van der Waals surface area contributed by atoms with E-state index in [2.05, 4.69) is 10.1 Å². The number of hydrogen-bond donors (Lipinski definition) is 1. The van der Waals surface area contributed by atoms with Gasteiger partial charge < -0.3 is 10.1 Å². The molecule has 0 aliphatic rings. The van der Waals surface area contributed by atoms with Crippen molar-refractivity contribution in [3.63, 3.8) is 0 Å². The van der Waals surface area contributed by atoms with Crippen molar-refractivity contribution in [2.24, 2.45) is 0 Å². The van der Waals surface area contributed by atoms with Gasteiger partial charge in [0, 0.05) is 17.3 Å². The van der Waals surface area contributed by atoms with Crippen molar-refractivity contribution in [1.82, 2.24) is 0 Å². The average molecular weight is 344 g/mol. The quantitative estimate of drug-likeness (QED) is 0.518. The minimum atomic E-state index is -4.84. The molecule has 10 heteroatoms. The van der Waals surface area contributed by atoms with Crippen LogP contribution < -0.4 is 10.1 Å². The van der Waals surface area contributed by atoms with Gasteiger partial charge in [-0.25, -0.2) is 0 Å². The number of carbonyl (C=O) groups is 1. The number of alkyl halides is 3. The molecule has 0 heterocycles. The lowest BCUT2D eigenvalue weighted by atomic mass is 10.1. The van der Waals surface area contributed by atoms with Gasteiger partial charge in [-0.3, -0.25) is 14.9 Å². The molecule has 126 valence electrons. The van der Waals surface area contributed by atoms with Gasteiger partial charge in [0.2, 0.25) is 5.82 Å². The standard InChI is InChI=1S/C14H8F4N2O4/c15-11-6-1-8(7-12(11)20(22)23)13(21)19-9-2-4-10(5-3-9)24-14(16,17)18/h1-7H,(H,19,21). The summed E-state index contributed by atoms with van der Waals surface area (Å²) in [6, 6.07) is 6.83. The fourth-order valence-corrected chi connectivity index (χ4v) is 1.74. The first-order valence-electron chi connectivity index (χ1n) is 6.27. The van der Waals surface area contributed by atoms with Crippen LogP contribution in [0.25, 0.3) is 0 Å². The Morgan fingerprint density at radius 2 is 1.75 bits per heavy atom. The molecule has 0 saturated carbocycles. The Balaban J connectivity index is 2.12. The third-order valence-electron chi connectivity index (χ3n) is 2.75. The summed E-state index contributed by atoms with van der Waals surface area (Å²) in [7, 11) is 0. The van der Waals surface area contributed by atoms with Gasteiger partial charge in [0.05, 0.1) is 4.92 Å². The first-order valence-corrected chi connectivity index (χ1v) is 6.27. The lowest BCUT2D eigenvalue weighted by molar-refractivity contribution is -0.387. The van der Waals surface area contributed by atoms with Crippen LogP contribution in [0.15, 0.2) is 42.5 Å². The fraction of sp³-hybridized carbons (Fsp3) is 0.0714. The van der Waals surface area contributed by atoms with Gasteiger partial charge >= 0.3 is 12.0 Å². The second-order valence-electron chi connectivity index (χ2n) is 4.45. The molecular weight excluding hydrogens is 336 g/mol. The molecule has 1 amide bonds. The molecule has 0 radical (unpaired) electrons. The molecule has 0 bridgehead atoms. The summed E-state index contributed by atoms with van der Waals surface area (Å²) < 4.78 is 53.0. The Morgan fingerprint density at radius 3 is 2.29 bits per heavy atom. The Hall–Kier alpha value is -3.17. The minimum absolute atomic E-state index is 0.126. The van der Waals surface area contributed by atoms with Crippen LogP contribution in [0.4, 0.5) is 28.9 Å². The average Bonchev–Trinajstić information content (AvgIpc) is 2.48. The SMILES string of the molecule is O=C(Nc1ccc(OC(F)(F)F)cc1)c1ccc(F)c([N+](=O)[O-])c1. The van der Waals surface area contributed by atoms with Crippen molar-refractivity contribution in [2.45, 2.75) is 6.36 Å². The maximum Gasteiger partial charge on any atom is 0.573 e. The van der Waals surface area contributed by atoms with Gasteiger partial charge in [0.1, 0.15) is 5.75 Å². The number of carbonyl (C=O) groups excluding carboxylic acids is 1. The van der Waals surface area contributed by atoms with Crippen LogP contribution in [0.5, 0.6) is 5.75 Å². The molecule has 2 aromatic rings. The van der Waals surface area contributed by atoms with E-state index in [1.54, 1.807) is 0 Å². The van der Waals surface area contributed by atoms with Crippen molar-refractivity contribution in [2.75, 3.05) is 5.32 Å². The number of amides is 1. The number of nitro groups is 1. The summed E-state index contributed by atoms with van der Waals surface area (Å²) in [4.78, 5) is 21.6. The molecule has 0 atom stereocenters. The zero-order valence-electron chi connectivity index (χ0n) is 11.6. The van der Waals surface area contributed by atoms with Crippen molar-refractivity contribution in [3.8, 4) is 5.75 Å². The van der Waals surface area contributed by atoms with Crippen molar-refractivity contribution in [3.05, 3.63) is 64.0 Å². The van der Waals surface area contributed by atoms with E-state index in [-0.39, 0.29) is 11.3 Å². The van der Waals surface area contributed by atoms with Crippen LogP contribution in [-0.2, 0) is 0 Å². The summed E-state index contributed by atoms with van der Waals surface area (Å²) >= 11 is 0. The summed E-state index contributed by atoms with van der Waals surface area (Å²) in [5, 5.41) is 12.9. The maximum atomic E-state index is 13.2. The predicted molar refractivity (Wildman–Crippen MR) is 74.1 cm³/mol. The highest BCUT2D eigenvalue weighted by atomic mass is 19.4. The number of hydrogen-bond acceptors (Lipinski definition) is 4. The van der Waals surface area contributed by atoms with Crippen LogP contribution >= 0.6 is 0 Å². The molecule has 0 aliphatic carbocycles. The van der Waals surface area contributed by atoms with Gasteiger partial charge in [-0.05, 0) is 36.4 Å². The van der Waals surface area contributed by atoms with E-state index in [4.69, 9.17) is 0 Å². The molecule has 1 N–H and O–H groups in total. The van der Waals surface area contributed by atoms with E-state index < -0.39 is 34.4 Å². The number of benzene rings is 2. The van der Waals surface area contributed by atoms with Gasteiger partial charge in [0.25, 0.3) is 5.91 Å². The summed E-state index contributed by atoms with van der Waals surface area (Å²) in [6.07, 6.45) is -4.84. The first-order chi connectivity index (χ1) is 11.2. The number of ether oxygens (including phenoxy) is 1. The van der Waals surface area contributed by atoms with E-state index in [0.29, 0.717) is 0 Å². The molecule has 0 aromatic heterocycles. The molecule has 0 saturated heterocycles. The van der Waals surface area contributed by atoms with Crippen LogP contribution in [0.3, 0.4) is 0 Å². The van der Waals surface area contributed by atoms with Gasteiger partial charge in [-0.2, -0.15) is 4.39 Å². The zero-order valence-corrected chi connectivity index (χ0v) is 11.6. The Labute approximate surface area is 131 Å². The molecule has 24 heavy (non-hydrogen) atoms. The van der Waals surface area contributed by atoms with Gasteiger partial charge in [-0.1, -0.05) is 0 Å². The number of anilines is 1. The van der Waals surface area contributed by atoms with Crippen molar-refractivity contribution in [1.29, 1.82) is 0 Å². The monoisotopic (exact) mass is 344 g/mol. The van der Waals surface area contributed by atoms with Crippen LogP contribution in [0.1, 0.15) is 10.4 Å². The topological polar surface area (TPSA) is 81.5 Å². The van der Waals surface area contributed by atoms with Crippen molar-refractivity contribution >= 4 is 17.3 Å². The Morgan fingerprint density at radius 1 is 1.12 bits per heavy atom. The van der Waals surface area contributed by atoms with Gasteiger partial charge in [0.15, 0.2) is 0 Å². The molecular formula is C14H8F4N2O4. The summed E-state index contributed by atoms with van der Waals surface area (Å²) in [5.41, 5.74) is -0.920. The Kier molecular flexibility index (Phi) is 4.67. The number of rotatable bonds is 4. The van der Waals surface area contributed by atoms with E-state index >= 15 is 0 Å². The second-order valence-corrected chi connectivity index (χ2v) is 4.45. The number of halogens is 4.